The molecule has 1 aromatic carbocycles. The van der Waals surface area contributed by atoms with E-state index in [-0.39, 0.29) is 11.9 Å². The molecule has 1 saturated carbocycles. The van der Waals surface area contributed by atoms with Crippen molar-refractivity contribution in [1.82, 2.24) is 19.7 Å². The molecule has 5 nitrogen and oxygen atoms in total. The predicted octanol–water partition coefficient (Wildman–Crippen LogP) is 4.47. The van der Waals surface area contributed by atoms with Crippen molar-refractivity contribution in [2.45, 2.75) is 51.0 Å². The summed E-state index contributed by atoms with van der Waals surface area (Å²) in [4.78, 5) is 4.25. The van der Waals surface area contributed by atoms with Crippen LogP contribution in [0, 0.1) is 5.82 Å². The standard InChI is InChI=1S/C21H23FN4O/c1-2-19-24-25-21(26(19)17-10-8-16(22)9-11-17)15-6-12-18(13-7-15)27-20-5-3-4-14-23-20/h3-5,8-11,14-15,18H,2,6-7,12-13H2,1H3/t15-,18-. The maximum Gasteiger partial charge on any atom is 0.213 e. The van der Waals surface area contributed by atoms with Gasteiger partial charge in [0.2, 0.25) is 5.88 Å². The number of halogens is 1. The number of hydrogen-bond acceptors (Lipinski definition) is 4. The molecule has 6 heteroatoms. The molecule has 0 atom stereocenters. The summed E-state index contributed by atoms with van der Waals surface area (Å²) >= 11 is 0. The Balaban J connectivity index is 1.50. The monoisotopic (exact) mass is 366 g/mol. The second-order valence-electron chi connectivity index (χ2n) is 6.90. The minimum atomic E-state index is -0.237. The van der Waals surface area contributed by atoms with Gasteiger partial charge in [-0.1, -0.05) is 13.0 Å². The molecule has 1 fully saturated rings. The third-order valence-electron chi connectivity index (χ3n) is 5.12. The molecule has 0 unspecified atom stereocenters. The van der Waals surface area contributed by atoms with E-state index in [1.165, 1.54) is 12.1 Å². The molecule has 0 bridgehead atoms. The van der Waals surface area contributed by atoms with Crippen LogP contribution in [0.5, 0.6) is 5.88 Å². The van der Waals surface area contributed by atoms with Crippen LogP contribution >= 0.6 is 0 Å². The topological polar surface area (TPSA) is 52.8 Å². The third kappa shape index (κ3) is 3.84. The van der Waals surface area contributed by atoms with Crippen LogP contribution in [0.4, 0.5) is 4.39 Å². The number of hydrogen-bond donors (Lipinski definition) is 0. The van der Waals surface area contributed by atoms with E-state index in [0.29, 0.717) is 11.8 Å². The SMILES string of the molecule is CCc1nnc([C@H]2CC[C@H](Oc3ccccn3)CC2)n1-c1ccc(F)cc1. The normalized spacial score (nSPS) is 19.8. The molecular weight excluding hydrogens is 343 g/mol. The summed E-state index contributed by atoms with van der Waals surface area (Å²) in [5.41, 5.74) is 0.917. The van der Waals surface area contributed by atoms with Crippen LogP contribution in [0.25, 0.3) is 5.69 Å². The number of aromatic nitrogens is 4. The van der Waals surface area contributed by atoms with Gasteiger partial charge >= 0.3 is 0 Å². The van der Waals surface area contributed by atoms with Crippen LogP contribution in [0.1, 0.15) is 50.2 Å². The number of ether oxygens (including phenoxy) is 1. The number of nitrogens with zero attached hydrogens (tertiary/aromatic N) is 4. The average molecular weight is 366 g/mol. The first-order chi connectivity index (χ1) is 13.2. The summed E-state index contributed by atoms with van der Waals surface area (Å²) in [5, 5.41) is 8.86. The fraction of sp³-hybridized carbons (Fsp3) is 0.381. The number of benzene rings is 1. The molecule has 0 saturated heterocycles. The maximum absolute atomic E-state index is 13.3. The van der Waals surface area contributed by atoms with Gasteiger partial charge in [-0.25, -0.2) is 9.37 Å². The molecule has 0 radical (unpaired) electrons. The van der Waals surface area contributed by atoms with E-state index < -0.39 is 0 Å². The van der Waals surface area contributed by atoms with Gasteiger partial charge in [0.1, 0.15) is 23.6 Å². The molecule has 3 aromatic rings. The molecule has 2 aromatic heterocycles. The first kappa shape index (κ1) is 17.6. The summed E-state index contributed by atoms with van der Waals surface area (Å²) in [6.07, 6.45) is 6.60. The van der Waals surface area contributed by atoms with Crippen LogP contribution in [0.15, 0.2) is 48.7 Å². The highest BCUT2D eigenvalue weighted by Gasteiger charge is 2.28. The predicted molar refractivity (Wildman–Crippen MR) is 101 cm³/mol. The highest BCUT2D eigenvalue weighted by Crippen LogP contribution is 2.35. The first-order valence-corrected chi connectivity index (χ1v) is 9.52. The van der Waals surface area contributed by atoms with Gasteiger partial charge in [-0.3, -0.25) is 4.57 Å². The van der Waals surface area contributed by atoms with Gasteiger partial charge in [-0.15, -0.1) is 10.2 Å². The lowest BCUT2D eigenvalue weighted by Crippen LogP contribution is -2.25. The molecule has 1 aliphatic rings. The molecular formula is C21H23FN4O. The highest BCUT2D eigenvalue weighted by atomic mass is 19.1. The molecule has 140 valence electrons. The lowest BCUT2D eigenvalue weighted by molar-refractivity contribution is 0.139. The molecule has 0 spiro atoms. The minimum Gasteiger partial charge on any atom is -0.474 e. The smallest absolute Gasteiger partial charge is 0.213 e. The Morgan fingerprint density at radius 2 is 1.81 bits per heavy atom. The first-order valence-electron chi connectivity index (χ1n) is 9.52. The molecule has 0 amide bonds. The van der Waals surface area contributed by atoms with E-state index in [1.807, 2.05) is 18.2 Å². The van der Waals surface area contributed by atoms with Crippen molar-refractivity contribution in [3.63, 3.8) is 0 Å². The van der Waals surface area contributed by atoms with Crippen molar-refractivity contribution in [3.8, 4) is 11.6 Å². The number of pyridine rings is 1. The van der Waals surface area contributed by atoms with Crippen molar-refractivity contribution in [2.75, 3.05) is 0 Å². The van der Waals surface area contributed by atoms with Crippen LogP contribution < -0.4 is 4.74 Å². The van der Waals surface area contributed by atoms with E-state index >= 15 is 0 Å². The Morgan fingerprint density at radius 1 is 1.04 bits per heavy atom. The molecule has 4 rings (SSSR count). The Bertz CT molecular complexity index is 871. The van der Waals surface area contributed by atoms with Gasteiger partial charge in [0.25, 0.3) is 0 Å². The lowest BCUT2D eigenvalue weighted by atomic mass is 9.86. The number of rotatable bonds is 5. The molecule has 2 heterocycles. The Morgan fingerprint density at radius 3 is 2.48 bits per heavy atom. The van der Waals surface area contributed by atoms with Crippen molar-refractivity contribution in [2.24, 2.45) is 0 Å². The second-order valence-corrected chi connectivity index (χ2v) is 6.90. The van der Waals surface area contributed by atoms with Crippen molar-refractivity contribution in [1.29, 1.82) is 0 Å². The third-order valence-corrected chi connectivity index (χ3v) is 5.12. The van der Waals surface area contributed by atoms with E-state index in [9.17, 15) is 4.39 Å². The molecule has 1 aliphatic carbocycles. The quantitative estimate of drug-likeness (QED) is 0.669. The van der Waals surface area contributed by atoms with E-state index in [0.717, 1.165) is 49.4 Å². The van der Waals surface area contributed by atoms with Gasteiger partial charge in [0.15, 0.2) is 0 Å². The lowest BCUT2D eigenvalue weighted by Gasteiger charge is -2.28. The van der Waals surface area contributed by atoms with Gasteiger partial charge in [-0.2, -0.15) is 0 Å². The summed E-state index contributed by atoms with van der Waals surface area (Å²) in [6.45, 7) is 2.06. The fourth-order valence-electron chi connectivity index (χ4n) is 3.72. The van der Waals surface area contributed by atoms with Gasteiger partial charge in [-0.05, 0) is 56.0 Å². The van der Waals surface area contributed by atoms with Crippen LogP contribution in [-0.2, 0) is 6.42 Å². The van der Waals surface area contributed by atoms with Crippen LogP contribution in [0.2, 0.25) is 0 Å². The molecule has 27 heavy (non-hydrogen) atoms. The van der Waals surface area contributed by atoms with E-state index in [2.05, 4.69) is 26.7 Å². The zero-order valence-electron chi connectivity index (χ0n) is 15.4. The zero-order valence-corrected chi connectivity index (χ0v) is 15.4. The van der Waals surface area contributed by atoms with E-state index in [1.54, 1.807) is 18.3 Å². The molecule has 0 N–H and O–H groups in total. The second kappa shape index (κ2) is 7.86. The summed E-state index contributed by atoms with van der Waals surface area (Å²) < 4.78 is 21.4. The molecule has 0 aliphatic heterocycles. The highest BCUT2D eigenvalue weighted by molar-refractivity contribution is 5.35. The van der Waals surface area contributed by atoms with Crippen LogP contribution in [-0.4, -0.2) is 25.9 Å². The van der Waals surface area contributed by atoms with E-state index in [4.69, 9.17) is 4.74 Å². The average Bonchev–Trinajstić information content (AvgIpc) is 3.14. The largest absolute Gasteiger partial charge is 0.474 e. The number of aryl methyl sites for hydroxylation is 1. The van der Waals surface area contributed by atoms with Crippen molar-refractivity contribution in [3.05, 3.63) is 66.1 Å². The summed E-state index contributed by atoms with van der Waals surface area (Å²) in [5.74, 6) is 2.65. The van der Waals surface area contributed by atoms with Gasteiger partial charge in [0.05, 0.1) is 0 Å². The maximum atomic E-state index is 13.3. The summed E-state index contributed by atoms with van der Waals surface area (Å²) in [6, 6.07) is 12.3. The fourth-order valence-corrected chi connectivity index (χ4v) is 3.72. The Kier molecular flexibility index (Phi) is 5.14. The Labute approximate surface area is 158 Å². The van der Waals surface area contributed by atoms with Crippen molar-refractivity contribution >= 4 is 0 Å². The summed E-state index contributed by atoms with van der Waals surface area (Å²) in [7, 11) is 0. The van der Waals surface area contributed by atoms with Crippen molar-refractivity contribution < 1.29 is 9.13 Å². The zero-order chi connectivity index (χ0) is 18.6. The van der Waals surface area contributed by atoms with Crippen LogP contribution in [0.3, 0.4) is 0 Å². The van der Waals surface area contributed by atoms with Gasteiger partial charge in [0, 0.05) is 30.3 Å². The Hall–Kier alpha value is -2.76. The van der Waals surface area contributed by atoms with Gasteiger partial charge < -0.3 is 4.74 Å². The minimum absolute atomic E-state index is 0.184.